The first-order chi connectivity index (χ1) is 18.1. The molecule has 182 valence electrons. The van der Waals surface area contributed by atoms with Crippen LogP contribution in [0, 0.1) is 0 Å². The Morgan fingerprint density at radius 3 is 2.19 bits per heavy atom. The summed E-state index contributed by atoms with van der Waals surface area (Å²) in [6, 6.07) is 32.7. The number of rotatable bonds is 7. The summed E-state index contributed by atoms with van der Waals surface area (Å²) in [5, 5.41) is 11.7. The van der Waals surface area contributed by atoms with Crippen molar-refractivity contribution in [3.05, 3.63) is 126 Å². The number of carboxylic acid groups (broad SMARTS) is 1. The Kier molecular flexibility index (Phi) is 5.73. The van der Waals surface area contributed by atoms with Gasteiger partial charge in [-0.2, -0.15) is 0 Å². The van der Waals surface area contributed by atoms with Crippen LogP contribution in [0.3, 0.4) is 0 Å². The predicted octanol–water partition coefficient (Wildman–Crippen LogP) is 7.07. The number of hydrogen-bond acceptors (Lipinski definition) is 2. The first-order valence-electron chi connectivity index (χ1n) is 12.2. The van der Waals surface area contributed by atoms with E-state index in [1.807, 2.05) is 18.2 Å². The lowest BCUT2D eigenvalue weighted by molar-refractivity contribution is 0.0696. The fraction of sp³-hybridized carbons (Fsp3) is 0.0938. The van der Waals surface area contributed by atoms with Crippen LogP contribution in [-0.2, 0) is 13.1 Å². The Morgan fingerprint density at radius 2 is 1.41 bits per heavy atom. The molecule has 0 atom stereocenters. The molecule has 4 aromatic carbocycles. The minimum atomic E-state index is -0.908. The molecule has 0 spiro atoms. The Hall–Kier alpha value is -4.77. The smallest absolute Gasteiger partial charge is 0.335 e. The standard InChI is InChI=1S/C32H26N2O3/c1-37-29-10-5-22(6-11-29)20-33-16-14-27-18-25(9-12-30(27)33)26-8-7-24-13-15-34(31(24)19-26)21-23-3-2-4-28(17-23)32(35)36/h2-19H,20-21H2,1H3,(H,35,36). The number of hydrogen-bond donors (Lipinski definition) is 1. The van der Waals surface area contributed by atoms with Gasteiger partial charge in [-0.25, -0.2) is 4.79 Å². The summed E-state index contributed by atoms with van der Waals surface area (Å²) in [6.07, 6.45) is 4.20. The van der Waals surface area contributed by atoms with E-state index in [0.29, 0.717) is 12.1 Å². The minimum absolute atomic E-state index is 0.307. The van der Waals surface area contributed by atoms with Crippen LogP contribution in [0.4, 0.5) is 0 Å². The number of aromatic carboxylic acids is 1. The zero-order valence-electron chi connectivity index (χ0n) is 20.5. The van der Waals surface area contributed by atoms with Crippen LogP contribution < -0.4 is 4.74 Å². The predicted molar refractivity (Wildman–Crippen MR) is 147 cm³/mol. The Balaban J connectivity index is 1.29. The summed E-state index contributed by atoms with van der Waals surface area (Å²) < 4.78 is 9.71. The molecule has 37 heavy (non-hydrogen) atoms. The van der Waals surface area contributed by atoms with Crippen molar-refractivity contribution in [2.24, 2.45) is 0 Å². The highest BCUT2D eigenvalue weighted by Gasteiger charge is 2.09. The number of aromatic nitrogens is 2. The molecule has 0 aliphatic heterocycles. The van der Waals surface area contributed by atoms with Crippen LogP contribution in [0.15, 0.2) is 109 Å². The summed E-state index contributed by atoms with van der Waals surface area (Å²) in [4.78, 5) is 11.4. The molecule has 6 aromatic rings. The lowest BCUT2D eigenvalue weighted by Crippen LogP contribution is -2.01. The van der Waals surface area contributed by atoms with E-state index in [4.69, 9.17) is 4.74 Å². The van der Waals surface area contributed by atoms with E-state index in [2.05, 4.69) is 82.2 Å². The zero-order chi connectivity index (χ0) is 25.4. The summed E-state index contributed by atoms with van der Waals surface area (Å²) in [7, 11) is 1.68. The first-order valence-corrected chi connectivity index (χ1v) is 12.2. The van der Waals surface area contributed by atoms with Gasteiger partial charge >= 0.3 is 5.97 Å². The lowest BCUT2D eigenvalue weighted by Gasteiger charge is -2.10. The Bertz CT molecular complexity index is 1740. The third-order valence-corrected chi connectivity index (χ3v) is 6.92. The largest absolute Gasteiger partial charge is 0.497 e. The number of benzene rings is 4. The quantitative estimate of drug-likeness (QED) is 0.263. The molecule has 0 saturated carbocycles. The van der Waals surface area contributed by atoms with Gasteiger partial charge in [0.2, 0.25) is 0 Å². The van der Waals surface area contributed by atoms with Crippen molar-refractivity contribution in [3.63, 3.8) is 0 Å². The molecule has 1 N–H and O–H groups in total. The van der Waals surface area contributed by atoms with Crippen LogP contribution in [-0.4, -0.2) is 27.3 Å². The molecule has 0 unspecified atom stereocenters. The Labute approximate surface area is 214 Å². The third kappa shape index (κ3) is 4.47. The fourth-order valence-electron chi connectivity index (χ4n) is 4.95. The molecule has 0 aliphatic carbocycles. The van der Waals surface area contributed by atoms with E-state index in [1.54, 1.807) is 25.3 Å². The van der Waals surface area contributed by atoms with Gasteiger partial charge in [0.25, 0.3) is 0 Å². The number of fused-ring (bicyclic) bond motifs is 2. The van der Waals surface area contributed by atoms with Gasteiger partial charge < -0.3 is 19.0 Å². The molecule has 6 rings (SSSR count). The number of carboxylic acids is 1. The van der Waals surface area contributed by atoms with Gasteiger partial charge in [-0.15, -0.1) is 0 Å². The van der Waals surface area contributed by atoms with E-state index >= 15 is 0 Å². The minimum Gasteiger partial charge on any atom is -0.497 e. The first kappa shape index (κ1) is 22.7. The zero-order valence-corrected chi connectivity index (χ0v) is 20.5. The maximum Gasteiger partial charge on any atom is 0.335 e. The van der Waals surface area contributed by atoms with E-state index in [9.17, 15) is 9.90 Å². The molecule has 0 amide bonds. The normalized spacial score (nSPS) is 11.3. The second-order valence-corrected chi connectivity index (χ2v) is 9.29. The molecule has 0 radical (unpaired) electrons. The number of carbonyl (C=O) groups is 1. The summed E-state index contributed by atoms with van der Waals surface area (Å²) >= 11 is 0. The van der Waals surface area contributed by atoms with Crippen LogP contribution in [0.5, 0.6) is 5.75 Å². The molecule has 5 heteroatoms. The number of ether oxygens (including phenoxy) is 1. The van der Waals surface area contributed by atoms with E-state index < -0.39 is 5.97 Å². The van der Waals surface area contributed by atoms with Crippen LogP contribution in [0.1, 0.15) is 21.5 Å². The van der Waals surface area contributed by atoms with Crippen molar-refractivity contribution in [2.45, 2.75) is 13.1 Å². The molecular weight excluding hydrogens is 460 g/mol. The SMILES string of the molecule is COc1ccc(Cn2ccc3cc(-c4ccc5ccn(Cc6cccc(C(=O)O)c6)c5c4)ccc32)cc1. The van der Waals surface area contributed by atoms with Crippen molar-refractivity contribution in [1.82, 2.24) is 9.13 Å². The van der Waals surface area contributed by atoms with E-state index in [1.165, 1.54) is 16.5 Å². The molecule has 0 bridgehead atoms. The monoisotopic (exact) mass is 486 g/mol. The van der Waals surface area contributed by atoms with Gasteiger partial charge in [0, 0.05) is 41.9 Å². The highest BCUT2D eigenvalue weighted by Crippen LogP contribution is 2.29. The van der Waals surface area contributed by atoms with Gasteiger partial charge in [-0.1, -0.05) is 42.5 Å². The van der Waals surface area contributed by atoms with Gasteiger partial charge in [0.05, 0.1) is 12.7 Å². The average molecular weight is 487 g/mol. The van der Waals surface area contributed by atoms with Crippen molar-refractivity contribution >= 4 is 27.8 Å². The van der Waals surface area contributed by atoms with Crippen LogP contribution in [0.2, 0.25) is 0 Å². The summed E-state index contributed by atoms with van der Waals surface area (Å²) in [6.45, 7) is 1.41. The van der Waals surface area contributed by atoms with Gasteiger partial charge in [-0.3, -0.25) is 0 Å². The second kappa shape index (κ2) is 9.36. The average Bonchev–Trinajstić information content (AvgIpc) is 3.52. The highest BCUT2D eigenvalue weighted by atomic mass is 16.5. The van der Waals surface area contributed by atoms with Gasteiger partial charge in [0.15, 0.2) is 0 Å². The van der Waals surface area contributed by atoms with Gasteiger partial charge in [-0.05, 0) is 82.2 Å². The number of nitrogens with zero attached hydrogens (tertiary/aromatic N) is 2. The van der Waals surface area contributed by atoms with Crippen LogP contribution >= 0.6 is 0 Å². The molecule has 0 saturated heterocycles. The topological polar surface area (TPSA) is 56.4 Å². The van der Waals surface area contributed by atoms with E-state index in [0.717, 1.165) is 39.9 Å². The molecule has 2 heterocycles. The summed E-state index contributed by atoms with van der Waals surface area (Å²) in [5.41, 5.74) is 7.12. The number of methoxy groups -OCH3 is 1. The maximum atomic E-state index is 11.4. The molecule has 0 aliphatic rings. The fourth-order valence-corrected chi connectivity index (χ4v) is 4.95. The molecular formula is C32H26N2O3. The molecule has 5 nitrogen and oxygen atoms in total. The molecule has 2 aromatic heterocycles. The third-order valence-electron chi connectivity index (χ3n) is 6.92. The maximum absolute atomic E-state index is 11.4. The summed E-state index contributed by atoms with van der Waals surface area (Å²) in [5.74, 6) is -0.0441. The van der Waals surface area contributed by atoms with Crippen molar-refractivity contribution < 1.29 is 14.6 Å². The van der Waals surface area contributed by atoms with E-state index in [-0.39, 0.29) is 0 Å². The Morgan fingerprint density at radius 1 is 0.703 bits per heavy atom. The molecule has 0 fully saturated rings. The second-order valence-electron chi connectivity index (χ2n) is 9.29. The van der Waals surface area contributed by atoms with Crippen molar-refractivity contribution in [1.29, 1.82) is 0 Å². The van der Waals surface area contributed by atoms with Crippen molar-refractivity contribution in [2.75, 3.05) is 7.11 Å². The van der Waals surface area contributed by atoms with Gasteiger partial charge in [0.1, 0.15) is 5.75 Å². The lowest BCUT2D eigenvalue weighted by atomic mass is 10.0. The highest BCUT2D eigenvalue weighted by molar-refractivity contribution is 5.90. The van der Waals surface area contributed by atoms with Crippen molar-refractivity contribution in [3.8, 4) is 16.9 Å². The van der Waals surface area contributed by atoms with Crippen LogP contribution in [0.25, 0.3) is 32.9 Å².